The van der Waals surface area contributed by atoms with Gasteiger partial charge in [-0.05, 0) is 15.9 Å². The molecule has 0 aliphatic heterocycles. The van der Waals surface area contributed by atoms with Crippen LogP contribution in [0, 0.1) is 0 Å². The Kier molecular flexibility index (Phi) is 3.90. The van der Waals surface area contributed by atoms with Crippen LogP contribution in [0.15, 0.2) is 16.9 Å². The number of halogens is 1. The first-order chi connectivity index (χ1) is 8.60. The van der Waals surface area contributed by atoms with Crippen molar-refractivity contribution in [1.82, 2.24) is 10.3 Å². The Morgan fingerprint density at radius 2 is 2.17 bits per heavy atom. The number of hydrogen-bond acceptors (Lipinski definition) is 4. The van der Waals surface area contributed by atoms with Crippen LogP contribution in [0.3, 0.4) is 0 Å². The maximum Gasteiger partial charge on any atom is 0.404 e. The van der Waals surface area contributed by atoms with E-state index in [1.165, 1.54) is 0 Å². The van der Waals surface area contributed by atoms with E-state index in [1.54, 1.807) is 19.5 Å². The molecule has 0 radical (unpaired) electrons. The van der Waals surface area contributed by atoms with Crippen LogP contribution in [0.1, 0.15) is 12.8 Å². The zero-order chi connectivity index (χ0) is 13.1. The maximum absolute atomic E-state index is 10.4. The summed E-state index contributed by atoms with van der Waals surface area (Å²) in [6, 6.07) is -0.0233. The van der Waals surface area contributed by atoms with Crippen LogP contribution in [0.4, 0.5) is 4.79 Å². The third kappa shape index (κ3) is 2.84. The van der Waals surface area contributed by atoms with Crippen molar-refractivity contribution in [2.45, 2.75) is 25.0 Å². The third-order valence-electron chi connectivity index (χ3n) is 2.75. The smallest absolute Gasteiger partial charge is 0.404 e. The van der Waals surface area contributed by atoms with Gasteiger partial charge in [0, 0.05) is 18.9 Å². The molecule has 6 nitrogen and oxygen atoms in total. The number of amides is 1. The van der Waals surface area contributed by atoms with Crippen molar-refractivity contribution in [2.24, 2.45) is 0 Å². The van der Waals surface area contributed by atoms with Crippen molar-refractivity contribution in [3.8, 4) is 11.5 Å². The Labute approximate surface area is 112 Å². The molecule has 1 aromatic rings. The monoisotopic (exact) mass is 316 g/mol. The van der Waals surface area contributed by atoms with E-state index in [4.69, 9.17) is 14.6 Å². The van der Waals surface area contributed by atoms with Crippen molar-refractivity contribution in [2.75, 3.05) is 7.11 Å². The van der Waals surface area contributed by atoms with Crippen molar-refractivity contribution >= 4 is 22.0 Å². The lowest BCUT2D eigenvalue weighted by Crippen LogP contribution is -2.48. The van der Waals surface area contributed by atoms with Crippen LogP contribution in [0.2, 0.25) is 0 Å². The van der Waals surface area contributed by atoms with Crippen molar-refractivity contribution in [1.29, 1.82) is 0 Å². The van der Waals surface area contributed by atoms with Gasteiger partial charge in [-0.2, -0.15) is 0 Å². The average Bonchev–Trinajstić information content (AvgIpc) is 2.28. The van der Waals surface area contributed by atoms with E-state index in [0.717, 1.165) is 4.47 Å². The molecule has 1 amide bonds. The van der Waals surface area contributed by atoms with Crippen LogP contribution >= 0.6 is 15.9 Å². The predicted molar refractivity (Wildman–Crippen MR) is 67.1 cm³/mol. The van der Waals surface area contributed by atoms with Crippen LogP contribution in [-0.4, -0.2) is 35.4 Å². The molecule has 1 aromatic heterocycles. The highest BCUT2D eigenvalue weighted by Gasteiger charge is 2.32. The molecule has 1 aliphatic rings. The van der Waals surface area contributed by atoms with E-state index in [9.17, 15) is 4.79 Å². The first kappa shape index (κ1) is 12.9. The molecule has 98 valence electrons. The number of aromatic nitrogens is 1. The molecule has 1 fully saturated rings. The molecule has 0 saturated heterocycles. The molecule has 0 spiro atoms. The van der Waals surface area contributed by atoms with Gasteiger partial charge in [0.2, 0.25) is 0 Å². The largest absolute Gasteiger partial charge is 0.494 e. The summed E-state index contributed by atoms with van der Waals surface area (Å²) < 4.78 is 11.5. The molecule has 2 N–H and O–H groups in total. The lowest BCUT2D eigenvalue weighted by molar-refractivity contribution is 0.0821. The number of carbonyl (C=O) groups is 1. The van der Waals surface area contributed by atoms with Crippen LogP contribution in [0.5, 0.6) is 11.5 Å². The molecule has 7 heteroatoms. The van der Waals surface area contributed by atoms with Crippen LogP contribution in [0.25, 0.3) is 0 Å². The van der Waals surface area contributed by atoms with Gasteiger partial charge in [0.1, 0.15) is 10.6 Å². The minimum atomic E-state index is -0.998. The van der Waals surface area contributed by atoms with Gasteiger partial charge >= 0.3 is 6.09 Å². The Morgan fingerprint density at radius 3 is 2.78 bits per heavy atom. The standard InChI is InChI=1S/C11H13BrN2O4/c1-17-8-4-13-5-9(10(8)12)18-7-2-6(3-7)14-11(15)16/h4-7,14H,2-3H2,1H3,(H,15,16)/t6-,7-. The van der Waals surface area contributed by atoms with E-state index in [-0.39, 0.29) is 12.1 Å². The van der Waals surface area contributed by atoms with Gasteiger partial charge in [-0.1, -0.05) is 0 Å². The van der Waals surface area contributed by atoms with Crippen molar-refractivity contribution in [3.63, 3.8) is 0 Å². The van der Waals surface area contributed by atoms with Gasteiger partial charge in [0.15, 0.2) is 11.5 Å². The Balaban J connectivity index is 1.90. The summed E-state index contributed by atoms with van der Waals surface area (Å²) in [5.74, 6) is 1.21. The molecule has 18 heavy (non-hydrogen) atoms. The van der Waals surface area contributed by atoms with Gasteiger partial charge in [-0.15, -0.1) is 0 Å². The quantitative estimate of drug-likeness (QED) is 0.888. The topological polar surface area (TPSA) is 80.7 Å². The second-order valence-electron chi connectivity index (χ2n) is 4.01. The minimum absolute atomic E-state index is 0.00653. The van der Waals surface area contributed by atoms with Gasteiger partial charge in [0.25, 0.3) is 0 Å². The number of nitrogens with one attached hydrogen (secondary N) is 1. The molecular formula is C11H13BrN2O4. The molecule has 0 unspecified atom stereocenters. The number of carboxylic acid groups (broad SMARTS) is 1. The third-order valence-corrected chi connectivity index (χ3v) is 3.53. The fraction of sp³-hybridized carbons (Fsp3) is 0.455. The fourth-order valence-electron chi connectivity index (χ4n) is 1.77. The Morgan fingerprint density at radius 1 is 1.50 bits per heavy atom. The van der Waals surface area contributed by atoms with Gasteiger partial charge < -0.3 is 19.9 Å². The van der Waals surface area contributed by atoms with Crippen LogP contribution in [-0.2, 0) is 0 Å². The fourth-order valence-corrected chi connectivity index (χ4v) is 2.23. The first-order valence-electron chi connectivity index (χ1n) is 5.43. The molecule has 1 heterocycles. The maximum atomic E-state index is 10.4. The van der Waals surface area contributed by atoms with E-state index in [0.29, 0.717) is 24.3 Å². The van der Waals surface area contributed by atoms with Crippen molar-refractivity contribution < 1.29 is 19.4 Å². The Hall–Kier alpha value is -1.50. The van der Waals surface area contributed by atoms with Gasteiger partial charge in [0.05, 0.1) is 19.5 Å². The second kappa shape index (κ2) is 5.43. The summed E-state index contributed by atoms with van der Waals surface area (Å²) in [7, 11) is 1.56. The number of ether oxygens (including phenoxy) is 2. The van der Waals surface area contributed by atoms with E-state index in [2.05, 4.69) is 26.2 Å². The minimum Gasteiger partial charge on any atom is -0.494 e. The zero-order valence-electron chi connectivity index (χ0n) is 9.72. The summed E-state index contributed by atoms with van der Waals surface area (Å²) in [6.07, 6.45) is 3.53. The zero-order valence-corrected chi connectivity index (χ0v) is 11.3. The number of methoxy groups -OCH3 is 1. The van der Waals surface area contributed by atoms with Crippen molar-refractivity contribution in [3.05, 3.63) is 16.9 Å². The SMILES string of the molecule is COc1cncc(O[C@H]2C[C@H](NC(=O)O)C2)c1Br. The molecule has 2 rings (SSSR count). The van der Waals surface area contributed by atoms with E-state index < -0.39 is 6.09 Å². The average molecular weight is 317 g/mol. The number of rotatable bonds is 4. The highest BCUT2D eigenvalue weighted by Crippen LogP contribution is 2.35. The summed E-state index contributed by atoms with van der Waals surface area (Å²) in [5, 5.41) is 11.0. The van der Waals surface area contributed by atoms with E-state index >= 15 is 0 Å². The summed E-state index contributed by atoms with van der Waals surface area (Å²) in [6.45, 7) is 0. The lowest BCUT2D eigenvalue weighted by Gasteiger charge is -2.35. The Bertz CT molecular complexity index is 449. The van der Waals surface area contributed by atoms with E-state index in [1.807, 2.05) is 0 Å². The molecule has 1 aliphatic carbocycles. The summed E-state index contributed by atoms with van der Waals surface area (Å²) in [4.78, 5) is 14.4. The molecule has 0 bridgehead atoms. The second-order valence-corrected chi connectivity index (χ2v) is 4.80. The lowest BCUT2D eigenvalue weighted by atomic mass is 9.89. The number of nitrogens with zero attached hydrogens (tertiary/aromatic N) is 1. The molecule has 0 atom stereocenters. The first-order valence-corrected chi connectivity index (χ1v) is 6.23. The number of hydrogen-bond donors (Lipinski definition) is 2. The number of pyridine rings is 1. The summed E-state index contributed by atoms with van der Waals surface area (Å²) in [5.41, 5.74) is 0. The predicted octanol–water partition coefficient (Wildman–Crippen LogP) is 2.03. The highest BCUT2D eigenvalue weighted by atomic mass is 79.9. The van der Waals surface area contributed by atoms with Crippen LogP contribution < -0.4 is 14.8 Å². The molecular weight excluding hydrogens is 304 g/mol. The summed E-state index contributed by atoms with van der Waals surface area (Å²) >= 11 is 3.38. The van der Waals surface area contributed by atoms with Gasteiger partial charge in [-0.3, -0.25) is 4.98 Å². The molecule has 0 aromatic carbocycles. The van der Waals surface area contributed by atoms with Gasteiger partial charge in [-0.25, -0.2) is 4.79 Å². The normalized spacial score (nSPS) is 21.9. The highest BCUT2D eigenvalue weighted by molar-refractivity contribution is 9.10. The molecule has 1 saturated carbocycles.